The zero-order valence-electron chi connectivity index (χ0n) is 13.0. The van der Waals surface area contributed by atoms with Crippen LogP contribution in [0.3, 0.4) is 0 Å². The van der Waals surface area contributed by atoms with Crippen LogP contribution in [0.25, 0.3) is 5.69 Å². The second kappa shape index (κ2) is 7.74. The summed E-state index contributed by atoms with van der Waals surface area (Å²) in [6.45, 7) is 5.45. The number of aromatic nitrogens is 2. The van der Waals surface area contributed by atoms with Crippen LogP contribution >= 0.6 is 0 Å². The highest BCUT2D eigenvalue weighted by molar-refractivity contribution is 5.84. The standard InChI is InChI=1S/C17H15FN4O2/c1-3-4-12(2)11-24-17(23)21-14-5-6-16(15(18)7-14)22-10-13(8-19)9-20-22/h3-7,9-10H,1,11H2,2H3,(H,21,23)/b12-4+. The molecule has 0 aliphatic carbocycles. The predicted molar refractivity (Wildman–Crippen MR) is 87.2 cm³/mol. The van der Waals surface area contributed by atoms with Crippen molar-refractivity contribution in [2.24, 2.45) is 0 Å². The van der Waals surface area contributed by atoms with E-state index in [2.05, 4.69) is 17.0 Å². The van der Waals surface area contributed by atoms with Gasteiger partial charge in [0.05, 0.1) is 11.8 Å². The summed E-state index contributed by atoms with van der Waals surface area (Å²) >= 11 is 0. The van der Waals surface area contributed by atoms with E-state index in [-0.39, 0.29) is 18.0 Å². The molecule has 122 valence electrons. The molecule has 0 radical (unpaired) electrons. The number of carbonyl (C=O) groups is 1. The highest BCUT2D eigenvalue weighted by atomic mass is 19.1. The van der Waals surface area contributed by atoms with Gasteiger partial charge in [0, 0.05) is 11.9 Å². The lowest BCUT2D eigenvalue weighted by atomic mass is 10.2. The van der Waals surface area contributed by atoms with Crippen LogP contribution in [0, 0.1) is 17.1 Å². The number of amides is 1. The predicted octanol–water partition coefficient (Wildman–Crippen LogP) is 3.56. The van der Waals surface area contributed by atoms with Crippen molar-refractivity contribution in [2.75, 3.05) is 11.9 Å². The topological polar surface area (TPSA) is 79.9 Å². The van der Waals surface area contributed by atoms with Gasteiger partial charge in [-0.2, -0.15) is 10.4 Å². The van der Waals surface area contributed by atoms with E-state index in [9.17, 15) is 9.18 Å². The average Bonchev–Trinajstić information content (AvgIpc) is 3.02. The molecule has 0 aliphatic heterocycles. The molecular weight excluding hydrogens is 311 g/mol. The summed E-state index contributed by atoms with van der Waals surface area (Å²) in [5.74, 6) is -0.594. The van der Waals surface area contributed by atoms with E-state index in [4.69, 9.17) is 10.00 Å². The third-order valence-electron chi connectivity index (χ3n) is 2.99. The molecule has 1 aromatic heterocycles. The Morgan fingerprint density at radius 2 is 2.38 bits per heavy atom. The van der Waals surface area contributed by atoms with E-state index in [0.29, 0.717) is 5.56 Å². The van der Waals surface area contributed by atoms with Gasteiger partial charge in [-0.05, 0) is 30.7 Å². The fourth-order valence-corrected chi connectivity index (χ4v) is 1.87. The first-order valence-electron chi connectivity index (χ1n) is 7.00. The van der Waals surface area contributed by atoms with Gasteiger partial charge in [-0.1, -0.05) is 18.7 Å². The molecule has 1 N–H and O–H groups in total. The minimum Gasteiger partial charge on any atom is -0.445 e. The molecule has 0 fully saturated rings. The number of ether oxygens (including phenoxy) is 1. The monoisotopic (exact) mass is 326 g/mol. The molecule has 0 saturated heterocycles. The van der Waals surface area contributed by atoms with Crippen LogP contribution < -0.4 is 5.32 Å². The SMILES string of the molecule is C=C/C=C(\C)COC(=O)Nc1ccc(-n2cc(C#N)cn2)c(F)c1. The van der Waals surface area contributed by atoms with Crippen LogP contribution in [0.2, 0.25) is 0 Å². The Labute approximate surface area is 138 Å². The first-order valence-corrected chi connectivity index (χ1v) is 7.00. The third-order valence-corrected chi connectivity index (χ3v) is 2.99. The molecule has 0 saturated carbocycles. The van der Waals surface area contributed by atoms with Crippen LogP contribution in [0.5, 0.6) is 0 Å². The van der Waals surface area contributed by atoms with E-state index < -0.39 is 11.9 Å². The van der Waals surface area contributed by atoms with Crippen LogP contribution in [-0.4, -0.2) is 22.5 Å². The minimum atomic E-state index is -0.690. The van der Waals surface area contributed by atoms with Crippen molar-refractivity contribution in [1.29, 1.82) is 5.26 Å². The van der Waals surface area contributed by atoms with Crippen molar-refractivity contribution in [3.63, 3.8) is 0 Å². The normalized spacial score (nSPS) is 10.8. The number of hydrogen-bond donors (Lipinski definition) is 1. The Hall–Kier alpha value is -3.40. The number of anilines is 1. The highest BCUT2D eigenvalue weighted by Gasteiger charge is 2.10. The quantitative estimate of drug-likeness (QED) is 0.852. The number of nitrogens with one attached hydrogen (secondary N) is 1. The summed E-state index contributed by atoms with van der Waals surface area (Å²) in [6, 6.07) is 6.03. The van der Waals surface area contributed by atoms with Crippen LogP contribution in [-0.2, 0) is 4.74 Å². The van der Waals surface area contributed by atoms with Crippen molar-refractivity contribution in [3.8, 4) is 11.8 Å². The number of benzene rings is 1. The van der Waals surface area contributed by atoms with Gasteiger partial charge >= 0.3 is 6.09 Å². The fourth-order valence-electron chi connectivity index (χ4n) is 1.87. The van der Waals surface area contributed by atoms with E-state index in [0.717, 1.165) is 11.6 Å². The van der Waals surface area contributed by atoms with Gasteiger partial charge in [0.1, 0.15) is 18.4 Å². The number of hydrogen-bond acceptors (Lipinski definition) is 4. The Morgan fingerprint density at radius 3 is 3.00 bits per heavy atom. The number of halogens is 1. The fraction of sp³-hybridized carbons (Fsp3) is 0.118. The smallest absolute Gasteiger partial charge is 0.411 e. The summed E-state index contributed by atoms with van der Waals surface area (Å²) in [4.78, 5) is 11.7. The molecule has 6 nitrogen and oxygen atoms in total. The molecule has 0 atom stereocenters. The average molecular weight is 326 g/mol. The zero-order chi connectivity index (χ0) is 17.5. The number of rotatable bonds is 5. The number of allylic oxidation sites excluding steroid dienone is 2. The first-order chi connectivity index (χ1) is 11.5. The molecule has 1 aromatic carbocycles. The molecule has 1 heterocycles. The molecule has 2 aromatic rings. The molecule has 0 aliphatic rings. The molecule has 1 amide bonds. The summed E-state index contributed by atoms with van der Waals surface area (Å²) < 4.78 is 20.4. The highest BCUT2D eigenvalue weighted by Crippen LogP contribution is 2.18. The summed E-state index contributed by atoms with van der Waals surface area (Å²) in [6.07, 6.45) is 5.38. The number of nitriles is 1. The van der Waals surface area contributed by atoms with Gasteiger partial charge in [0.15, 0.2) is 5.82 Å². The van der Waals surface area contributed by atoms with Crippen molar-refractivity contribution >= 4 is 11.8 Å². The van der Waals surface area contributed by atoms with E-state index in [1.54, 1.807) is 19.1 Å². The van der Waals surface area contributed by atoms with Gasteiger partial charge < -0.3 is 4.74 Å². The van der Waals surface area contributed by atoms with Crippen LogP contribution in [0.15, 0.2) is 54.9 Å². The lowest BCUT2D eigenvalue weighted by Crippen LogP contribution is -2.15. The van der Waals surface area contributed by atoms with Crippen molar-refractivity contribution < 1.29 is 13.9 Å². The lowest BCUT2D eigenvalue weighted by Gasteiger charge is -2.09. The lowest BCUT2D eigenvalue weighted by molar-refractivity contribution is 0.171. The number of carbonyl (C=O) groups excluding carboxylic acids is 1. The Morgan fingerprint density at radius 1 is 1.58 bits per heavy atom. The van der Waals surface area contributed by atoms with Gasteiger partial charge in [-0.3, -0.25) is 5.32 Å². The molecule has 2 rings (SSSR count). The molecule has 7 heteroatoms. The van der Waals surface area contributed by atoms with E-state index in [1.165, 1.54) is 29.2 Å². The summed E-state index contributed by atoms with van der Waals surface area (Å²) in [5, 5.41) is 15.1. The second-order valence-corrected chi connectivity index (χ2v) is 4.90. The molecule has 0 unspecified atom stereocenters. The Bertz CT molecular complexity index is 833. The van der Waals surface area contributed by atoms with Crippen LogP contribution in [0.4, 0.5) is 14.9 Å². The van der Waals surface area contributed by atoms with E-state index in [1.807, 2.05) is 6.07 Å². The zero-order valence-corrected chi connectivity index (χ0v) is 13.0. The third kappa shape index (κ3) is 4.30. The maximum Gasteiger partial charge on any atom is 0.411 e. The molecular formula is C17H15FN4O2. The van der Waals surface area contributed by atoms with Gasteiger partial charge in [0.2, 0.25) is 0 Å². The molecule has 0 spiro atoms. The number of nitrogens with zero attached hydrogens (tertiary/aromatic N) is 3. The largest absolute Gasteiger partial charge is 0.445 e. The van der Waals surface area contributed by atoms with Gasteiger partial charge in [0.25, 0.3) is 0 Å². The molecule has 24 heavy (non-hydrogen) atoms. The Kier molecular flexibility index (Phi) is 5.47. The van der Waals surface area contributed by atoms with Gasteiger partial charge in [-0.25, -0.2) is 13.9 Å². The summed E-state index contributed by atoms with van der Waals surface area (Å²) in [5.41, 5.74) is 1.57. The van der Waals surface area contributed by atoms with Crippen LogP contribution in [0.1, 0.15) is 12.5 Å². The summed E-state index contributed by atoms with van der Waals surface area (Å²) in [7, 11) is 0. The van der Waals surface area contributed by atoms with Gasteiger partial charge in [-0.15, -0.1) is 0 Å². The van der Waals surface area contributed by atoms with Crippen molar-refractivity contribution in [1.82, 2.24) is 9.78 Å². The maximum absolute atomic E-state index is 14.2. The minimum absolute atomic E-state index is 0.114. The Balaban J connectivity index is 2.04. The van der Waals surface area contributed by atoms with E-state index >= 15 is 0 Å². The van der Waals surface area contributed by atoms with Crippen molar-refractivity contribution in [2.45, 2.75) is 6.92 Å². The molecule has 0 bridgehead atoms. The van der Waals surface area contributed by atoms with Crippen molar-refractivity contribution in [3.05, 3.63) is 66.3 Å². The first kappa shape index (κ1) is 17.0. The maximum atomic E-state index is 14.2. The second-order valence-electron chi connectivity index (χ2n) is 4.90.